The van der Waals surface area contributed by atoms with Crippen molar-refractivity contribution in [2.24, 2.45) is 0 Å². The Morgan fingerprint density at radius 3 is 2.45 bits per heavy atom. The van der Waals surface area contributed by atoms with Gasteiger partial charge < -0.3 is 24.8 Å². The lowest BCUT2D eigenvalue weighted by atomic mass is 10.2. The van der Waals surface area contributed by atoms with Crippen molar-refractivity contribution in [1.82, 2.24) is 14.9 Å². The van der Waals surface area contributed by atoms with E-state index < -0.39 is 28.1 Å². The fraction of sp³-hybridized carbons (Fsp3) is 0.364. The molecule has 176 valence electrons. The van der Waals surface area contributed by atoms with Gasteiger partial charge in [-0.15, -0.1) is 0 Å². The summed E-state index contributed by atoms with van der Waals surface area (Å²) in [5, 5.41) is 5.00. The molecule has 0 saturated carbocycles. The van der Waals surface area contributed by atoms with Gasteiger partial charge in [-0.1, -0.05) is 30.3 Å². The molecule has 1 saturated heterocycles. The maximum Gasteiger partial charge on any atom is 0.309 e. The Bertz CT molecular complexity index is 1110. The predicted molar refractivity (Wildman–Crippen MR) is 117 cm³/mol. The zero-order valence-corrected chi connectivity index (χ0v) is 18.7. The van der Waals surface area contributed by atoms with Crippen LogP contribution in [0.2, 0.25) is 0 Å². The number of sulfonamides is 1. The van der Waals surface area contributed by atoms with Crippen molar-refractivity contribution in [1.29, 1.82) is 0 Å². The minimum absolute atomic E-state index is 0.0363. The Kier molecular flexibility index (Phi) is 7.11. The molecule has 10 nitrogen and oxygen atoms in total. The van der Waals surface area contributed by atoms with Gasteiger partial charge in [0.05, 0.1) is 18.0 Å². The molecule has 2 aliphatic rings. The molecule has 2 N–H and O–H groups in total. The van der Waals surface area contributed by atoms with Crippen LogP contribution in [0.5, 0.6) is 11.5 Å². The molecular formula is C22H25N3O7S. The number of fused-ring (bicyclic) bond motifs is 1. The summed E-state index contributed by atoms with van der Waals surface area (Å²) in [7, 11) is -3.94. The molecule has 4 rings (SSSR count). The first-order valence-electron chi connectivity index (χ1n) is 10.6. The molecular weight excluding hydrogens is 450 g/mol. The lowest BCUT2D eigenvalue weighted by molar-refractivity contribution is -0.140. The molecule has 11 heteroatoms. The molecule has 33 heavy (non-hydrogen) atoms. The van der Waals surface area contributed by atoms with Crippen LogP contribution in [0.1, 0.15) is 12.0 Å². The van der Waals surface area contributed by atoms with Crippen LogP contribution in [0.25, 0.3) is 0 Å². The van der Waals surface area contributed by atoms with E-state index in [9.17, 15) is 18.0 Å². The molecule has 2 aliphatic heterocycles. The number of benzene rings is 2. The van der Waals surface area contributed by atoms with Gasteiger partial charge in [0.15, 0.2) is 11.5 Å². The average Bonchev–Trinajstić information content (AvgIpc) is 2.86. The van der Waals surface area contributed by atoms with Gasteiger partial charge in [0.1, 0.15) is 19.4 Å². The topological polar surface area (TPSA) is 123 Å². The average molecular weight is 476 g/mol. The molecule has 2 heterocycles. The van der Waals surface area contributed by atoms with E-state index in [-0.39, 0.29) is 24.5 Å². The third-order valence-corrected chi connectivity index (χ3v) is 7.10. The lowest BCUT2D eigenvalue weighted by Crippen LogP contribution is -2.53. The summed E-state index contributed by atoms with van der Waals surface area (Å²) >= 11 is 0. The van der Waals surface area contributed by atoms with Crippen LogP contribution in [0.15, 0.2) is 53.4 Å². The third-order valence-electron chi connectivity index (χ3n) is 5.21. The maximum absolute atomic E-state index is 13.3. The van der Waals surface area contributed by atoms with Gasteiger partial charge in [0.2, 0.25) is 10.0 Å². The van der Waals surface area contributed by atoms with E-state index in [2.05, 4.69) is 10.6 Å². The first-order chi connectivity index (χ1) is 15.9. The second kappa shape index (κ2) is 10.2. The van der Waals surface area contributed by atoms with E-state index in [1.807, 2.05) is 30.3 Å². The molecule has 1 fully saturated rings. The molecule has 0 aromatic heterocycles. The quantitative estimate of drug-likeness (QED) is 0.588. The van der Waals surface area contributed by atoms with Crippen LogP contribution < -0.4 is 20.1 Å². The Balaban J connectivity index is 1.38. The van der Waals surface area contributed by atoms with E-state index in [0.717, 1.165) is 5.56 Å². The molecule has 0 radical (unpaired) electrons. The number of hydrogen-bond acceptors (Lipinski definition) is 7. The first kappa shape index (κ1) is 23.0. The van der Waals surface area contributed by atoms with Gasteiger partial charge in [0.25, 0.3) is 0 Å². The molecule has 2 amide bonds. The van der Waals surface area contributed by atoms with Crippen LogP contribution in [0.4, 0.5) is 0 Å². The Hall–Kier alpha value is -3.15. The number of amides is 2. The normalized spacial score (nSPS) is 18.4. The number of carbonyl (C=O) groups is 2. The number of nitrogens with one attached hydrogen (secondary N) is 2. The molecule has 0 bridgehead atoms. The summed E-state index contributed by atoms with van der Waals surface area (Å²) in [4.78, 5) is 24.4. The minimum Gasteiger partial charge on any atom is -0.486 e. The fourth-order valence-corrected chi connectivity index (χ4v) is 5.12. The molecule has 1 unspecified atom stereocenters. The smallest absolute Gasteiger partial charge is 0.309 e. The second-order valence-corrected chi connectivity index (χ2v) is 9.37. The highest BCUT2D eigenvalue weighted by Gasteiger charge is 2.35. The molecule has 0 spiro atoms. The highest BCUT2D eigenvalue weighted by atomic mass is 32.2. The highest BCUT2D eigenvalue weighted by molar-refractivity contribution is 7.89. The molecule has 2 aromatic carbocycles. The number of nitrogens with zero attached hydrogens (tertiary/aromatic N) is 1. The van der Waals surface area contributed by atoms with Crippen LogP contribution in [-0.4, -0.2) is 63.7 Å². The van der Waals surface area contributed by atoms with Gasteiger partial charge in [-0.25, -0.2) is 8.42 Å². The summed E-state index contributed by atoms with van der Waals surface area (Å²) in [6, 6.07) is 13.6. The number of ether oxygens (including phenoxy) is 3. The predicted octanol–water partition coefficient (Wildman–Crippen LogP) is 0.627. The van der Waals surface area contributed by atoms with Crippen molar-refractivity contribution in [3.63, 3.8) is 0 Å². The molecule has 0 aliphatic carbocycles. The zero-order chi connectivity index (χ0) is 23.3. The zero-order valence-electron chi connectivity index (χ0n) is 17.9. The van der Waals surface area contributed by atoms with Gasteiger partial charge in [-0.05, 0) is 24.1 Å². The first-order valence-corrected chi connectivity index (χ1v) is 12.0. The summed E-state index contributed by atoms with van der Waals surface area (Å²) in [5.74, 6) is -0.826. The lowest BCUT2D eigenvalue weighted by Gasteiger charge is -2.34. The number of hydrogen-bond donors (Lipinski definition) is 2. The minimum atomic E-state index is -3.94. The van der Waals surface area contributed by atoms with Crippen molar-refractivity contribution in [2.75, 3.05) is 32.9 Å². The van der Waals surface area contributed by atoms with Crippen molar-refractivity contribution in [2.45, 2.75) is 24.1 Å². The standard InChI is InChI=1S/C22H25N3O7S/c26-21(23-14-16-5-2-1-3-6-16)22(27)24-15-20-25(9-4-10-32-20)33(28,29)17-7-8-18-19(13-17)31-12-11-30-18/h1-3,5-8,13,20H,4,9-12,14-15H2,(H,23,26)(H,24,27). The van der Waals surface area contributed by atoms with E-state index in [1.54, 1.807) is 6.07 Å². The van der Waals surface area contributed by atoms with Gasteiger partial charge in [-0.3, -0.25) is 9.59 Å². The van der Waals surface area contributed by atoms with Crippen molar-refractivity contribution >= 4 is 21.8 Å². The number of rotatable bonds is 6. The summed E-state index contributed by atoms with van der Waals surface area (Å²) < 4.78 is 44.3. The Labute approximate surface area is 191 Å². The van der Waals surface area contributed by atoms with E-state index in [4.69, 9.17) is 14.2 Å². The third kappa shape index (κ3) is 5.44. The maximum atomic E-state index is 13.3. The van der Waals surface area contributed by atoms with E-state index >= 15 is 0 Å². The largest absolute Gasteiger partial charge is 0.486 e. The van der Waals surface area contributed by atoms with Crippen molar-refractivity contribution < 1.29 is 32.2 Å². The second-order valence-electron chi connectivity index (χ2n) is 7.48. The number of carbonyl (C=O) groups excluding carboxylic acids is 2. The van der Waals surface area contributed by atoms with E-state index in [0.29, 0.717) is 37.7 Å². The molecule has 2 aromatic rings. The van der Waals surface area contributed by atoms with Crippen LogP contribution in [0, 0.1) is 0 Å². The van der Waals surface area contributed by atoms with Gasteiger partial charge >= 0.3 is 11.8 Å². The van der Waals surface area contributed by atoms with E-state index in [1.165, 1.54) is 16.4 Å². The Morgan fingerprint density at radius 1 is 0.939 bits per heavy atom. The summed E-state index contributed by atoms with van der Waals surface area (Å²) in [6.07, 6.45) is -0.436. The highest BCUT2D eigenvalue weighted by Crippen LogP contribution is 2.34. The Morgan fingerprint density at radius 2 is 1.67 bits per heavy atom. The van der Waals surface area contributed by atoms with Crippen molar-refractivity contribution in [3.05, 3.63) is 54.1 Å². The molecule has 1 atom stereocenters. The van der Waals surface area contributed by atoms with Crippen LogP contribution in [0.3, 0.4) is 0 Å². The monoisotopic (exact) mass is 475 g/mol. The summed E-state index contributed by atoms with van der Waals surface area (Å²) in [6.45, 7) is 1.34. The SMILES string of the molecule is O=C(NCc1ccccc1)C(=O)NCC1OCCCN1S(=O)(=O)c1ccc2c(c1)OCCO2. The van der Waals surface area contributed by atoms with Crippen LogP contribution >= 0.6 is 0 Å². The van der Waals surface area contributed by atoms with Gasteiger partial charge in [-0.2, -0.15) is 4.31 Å². The van der Waals surface area contributed by atoms with Gasteiger partial charge in [0, 0.05) is 19.2 Å². The van der Waals surface area contributed by atoms with Crippen LogP contribution in [-0.2, 0) is 30.9 Å². The summed E-state index contributed by atoms with van der Waals surface area (Å²) in [5.41, 5.74) is 0.853. The van der Waals surface area contributed by atoms with Crippen molar-refractivity contribution in [3.8, 4) is 11.5 Å². The fourth-order valence-electron chi connectivity index (χ4n) is 3.54.